The smallest absolute Gasteiger partial charge is 0.114 e. The number of aryl methyl sites for hydroxylation is 1. The predicted molar refractivity (Wildman–Crippen MR) is 53.1 cm³/mol. The van der Waals surface area contributed by atoms with Gasteiger partial charge in [-0.1, -0.05) is 0 Å². The van der Waals surface area contributed by atoms with Crippen LogP contribution in [0.5, 0.6) is 0 Å². The number of aromatic nitrogens is 2. The maximum Gasteiger partial charge on any atom is 0.114 e. The minimum absolute atomic E-state index is 0.505. The molecule has 1 aromatic carbocycles. The lowest BCUT2D eigenvalue weighted by molar-refractivity contribution is 1.19. The molecule has 0 amide bonds. The first-order valence-corrected chi connectivity index (χ1v) is 3.96. The van der Waals surface area contributed by atoms with E-state index in [0.29, 0.717) is 16.9 Å². The molecule has 1 heterocycles. The lowest BCUT2D eigenvalue weighted by Gasteiger charge is -2.03. The van der Waals surface area contributed by atoms with Gasteiger partial charge >= 0.3 is 0 Å². The van der Waals surface area contributed by atoms with Crippen molar-refractivity contribution in [2.75, 3.05) is 11.5 Å². The molecular weight excluding hydrogens is 164 g/mol. The number of anilines is 2. The minimum Gasteiger partial charge on any atom is -0.397 e. The van der Waals surface area contributed by atoms with E-state index in [0.717, 1.165) is 11.2 Å². The van der Waals surface area contributed by atoms with Crippen LogP contribution >= 0.6 is 0 Å². The van der Waals surface area contributed by atoms with Crippen LogP contribution in [-0.2, 0) is 0 Å². The Labute approximate surface area is 75.6 Å². The molecular formula is C9H10N4. The maximum atomic E-state index is 5.74. The molecule has 0 saturated carbocycles. The second-order valence-electron chi connectivity index (χ2n) is 2.95. The highest BCUT2D eigenvalue weighted by Crippen LogP contribution is 2.22. The Morgan fingerprint density at radius 1 is 1.23 bits per heavy atom. The van der Waals surface area contributed by atoms with E-state index in [-0.39, 0.29) is 0 Å². The van der Waals surface area contributed by atoms with Crippen molar-refractivity contribution in [3.63, 3.8) is 0 Å². The molecule has 0 aliphatic carbocycles. The van der Waals surface area contributed by atoms with E-state index < -0.39 is 0 Å². The van der Waals surface area contributed by atoms with Gasteiger partial charge in [-0.25, -0.2) is 4.98 Å². The summed E-state index contributed by atoms with van der Waals surface area (Å²) in [7, 11) is 0. The van der Waals surface area contributed by atoms with Gasteiger partial charge in [-0.3, -0.25) is 4.98 Å². The highest BCUT2D eigenvalue weighted by Gasteiger charge is 2.03. The Balaban J connectivity index is 2.87. The molecule has 0 fully saturated rings. The van der Waals surface area contributed by atoms with E-state index in [1.165, 1.54) is 0 Å². The number of nitrogen functional groups attached to an aromatic ring is 2. The van der Waals surface area contributed by atoms with Crippen LogP contribution in [0.2, 0.25) is 0 Å². The fraction of sp³-hybridized carbons (Fsp3) is 0.111. The molecule has 0 bridgehead atoms. The lowest BCUT2D eigenvalue weighted by atomic mass is 10.2. The van der Waals surface area contributed by atoms with Crippen LogP contribution in [0, 0.1) is 6.92 Å². The zero-order chi connectivity index (χ0) is 9.42. The van der Waals surface area contributed by atoms with Gasteiger partial charge in [0.15, 0.2) is 0 Å². The third-order valence-corrected chi connectivity index (χ3v) is 1.91. The summed E-state index contributed by atoms with van der Waals surface area (Å²) < 4.78 is 0. The number of hydrogen-bond acceptors (Lipinski definition) is 4. The molecule has 0 saturated heterocycles. The Bertz CT molecular complexity index is 464. The van der Waals surface area contributed by atoms with E-state index in [4.69, 9.17) is 11.5 Å². The largest absolute Gasteiger partial charge is 0.397 e. The molecule has 0 aliphatic heterocycles. The first-order chi connectivity index (χ1) is 6.18. The van der Waals surface area contributed by atoms with Gasteiger partial charge in [0.2, 0.25) is 0 Å². The molecule has 2 aromatic rings. The lowest BCUT2D eigenvalue weighted by Crippen LogP contribution is -1.98. The topological polar surface area (TPSA) is 77.8 Å². The van der Waals surface area contributed by atoms with Gasteiger partial charge in [0, 0.05) is 6.20 Å². The number of fused-ring (bicyclic) bond motifs is 1. The summed E-state index contributed by atoms with van der Waals surface area (Å²) in [5.74, 6) is 0. The number of benzene rings is 1. The molecule has 0 aliphatic rings. The van der Waals surface area contributed by atoms with Crippen LogP contribution in [0.15, 0.2) is 18.3 Å². The van der Waals surface area contributed by atoms with E-state index in [2.05, 4.69) is 9.97 Å². The van der Waals surface area contributed by atoms with Crippen LogP contribution < -0.4 is 11.5 Å². The van der Waals surface area contributed by atoms with Crippen molar-refractivity contribution in [3.05, 3.63) is 24.0 Å². The molecule has 4 heteroatoms. The number of nitrogens with two attached hydrogens (primary N) is 2. The zero-order valence-electron chi connectivity index (χ0n) is 7.28. The summed E-state index contributed by atoms with van der Waals surface area (Å²) in [5.41, 5.74) is 14.8. The van der Waals surface area contributed by atoms with Crippen molar-refractivity contribution in [1.29, 1.82) is 0 Å². The van der Waals surface area contributed by atoms with Gasteiger partial charge in [0.05, 0.1) is 22.6 Å². The Hall–Kier alpha value is -1.84. The van der Waals surface area contributed by atoms with E-state index in [1.54, 1.807) is 12.3 Å². The summed E-state index contributed by atoms with van der Waals surface area (Å²) in [6, 6.07) is 3.56. The number of rotatable bonds is 0. The van der Waals surface area contributed by atoms with Crippen LogP contribution in [0.25, 0.3) is 11.0 Å². The molecule has 0 spiro atoms. The van der Waals surface area contributed by atoms with Crippen molar-refractivity contribution in [2.45, 2.75) is 6.92 Å². The number of nitrogens with zero attached hydrogens (tertiary/aromatic N) is 2. The van der Waals surface area contributed by atoms with Gasteiger partial charge in [-0.2, -0.15) is 0 Å². The number of hydrogen-bond donors (Lipinski definition) is 2. The minimum atomic E-state index is 0.505. The van der Waals surface area contributed by atoms with E-state index >= 15 is 0 Å². The fourth-order valence-electron chi connectivity index (χ4n) is 1.21. The quantitative estimate of drug-likeness (QED) is 0.586. The third kappa shape index (κ3) is 1.16. The van der Waals surface area contributed by atoms with Crippen LogP contribution in [0.4, 0.5) is 11.4 Å². The summed E-state index contributed by atoms with van der Waals surface area (Å²) in [4.78, 5) is 8.45. The van der Waals surface area contributed by atoms with Crippen molar-refractivity contribution in [1.82, 2.24) is 9.97 Å². The normalized spacial score (nSPS) is 10.5. The first kappa shape index (κ1) is 7.79. The standard InChI is InChI=1S/C9H10N4/c1-5-4-12-9-7(13-5)3-2-6(10)8(9)11/h2-4H,10-11H2,1H3. The monoisotopic (exact) mass is 174 g/mol. The molecule has 66 valence electrons. The van der Waals surface area contributed by atoms with Crippen molar-refractivity contribution < 1.29 is 0 Å². The second-order valence-corrected chi connectivity index (χ2v) is 2.95. The molecule has 4 nitrogen and oxygen atoms in total. The summed E-state index contributed by atoms with van der Waals surface area (Å²) in [6.45, 7) is 1.89. The predicted octanol–water partition coefficient (Wildman–Crippen LogP) is 1.10. The Morgan fingerprint density at radius 2 is 2.00 bits per heavy atom. The zero-order valence-corrected chi connectivity index (χ0v) is 7.28. The average Bonchev–Trinajstić information content (AvgIpc) is 2.12. The van der Waals surface area contributed by atoms with Gasteiger partial charge < -0.3 is 11.5 Å². The van der Waals surface area contributed by atoms with Gasteiger partial charge in [0.25, 0.3) is 0 Å². The molecule has 0 unspecified atom stereocenters. The molecule has 0 atom stereocenters. The van der Waals surface area contributed by atoms with Crippen molar-refractivity contribution in [3.8, 4) is 0 Å². The molecule has 13 heavy (non-hydrogen) atoms. The highest BCUT2D eigenvalue weighted by molar-refractivity contribution is 5.93. The van der Waals surface area contributed by atoms with Crippen LogP contribution in [0.1, 0.15) is 5.69 Å². The van der Waals surface area contributed by atoms with Gasteiger partial charge in [-0.05, 0) is 19.1 Å². The maximum absolute atomic E-state index is 5.74. The Morgan fingerprint density at radius 3 is 2.77 bits per heavy atom. The van der Waals surface area contributed by atoms with Crippen LogP contribution in [0.3, 0.4) is 0 Å². The van der Waals surface area contributed by atoms with Gasteiger partial charge in [-0.15, -0.1) is 0 Å². The van der Waals surface area contributed by atoms with Gasteiger partial charge in [0.1, 0.15) is 5.52 Å². The molecule has 1 aromatic heterocycles. The first-order valence-electron chi connectivity index (χ1n) is 3.96. The summed E-state index contributed by atoms with van der Waals surface area (Å²) >= 11 is 0. The second kappa shape index (κ2) is 2.58. The Kier molecular flexibility index (Phi) is 1.55. The fourth-order valence-corrected chi connectivity index (χ4v) is 1.21. The summed E-state index contributed by atoms with van der Waals surface area (Å²) in [5, 5.41) is 0. The van der Waals surface area contributed by atoms with E-state index in [9.17, 15) is 0 Å². The molecule has 2 rings (SSSR count). The van der Waals surface area contributed by atoms with Crippen LogP contribution in [-0.4, -0.2) is 9.97 Å². The summed E-state index contributed by atoms with van der Waals surface area (Å²) in [6.07, 6.45) is 1.68. The van der Waals surface area contributed by atoms with E-state index in [1.807, 2.05) is 13.0 Å². The van der Waals surface area contributed by atoms with Crippen molar-refractivity contribution in [2.24, 2.45) is 0 Å². The molecule has 4 N–H and O–H groups in total. The average molecular weight is 174 g/mol. The highest BCUT2D eigenvalue weighted by atomic mass is 14.8. The SMILES string of the molecule is Cc1cnc2c(N)c(N)ccc2n1. The third-order valence-electron chi connectivity index (χ3n) is 1.91. The molecule has 0 radical (unpaired) electrons. The van der Waals surface area contributed by atoms with Crippen molar-refractivity contribution >= 4 is 22.4 Å².